The molecule has 0 saturated carbocycles. The van der Waals surface area contributed by atoms with E-state index in [1.54, 1.807) is 0 Å². The van der Waals surface area contributed by atoms with E-state index in [1.807, 2.05) is 19.9 Å². The van der Waals surface area contributed by atoms with Crippen molar-refractivity contribution in [1.29, 1.82) is 0 Å². The Bertz CT molecular complexity index is 613. The molecule has 0 amide bonds. The van der Waals surface area contributed by atoms with Crippen LogP contribution >= 0.6 is 11.6 Å². The van der Waals surface area contributed by atoms with E-state index >= 15 is 0 Å². The minimum absolute atomic E-state index is 0.239. The summed E-state index contributed by atoms with van der Waals surface area (Å²) in [6, 6.07) is 0.239. The van der Waals surface area contributed by atoms with Crippen molar-refractivity contribution in [2.75, 3.05) is 6.54 Å². The fourth-order valence-electron chi connectivity index (χ4n) is 3.09. The Morgan fingerprint density at radius 1 is 1.45 bits per heavy atom. The maximum atomic E-state index is 5.93. The van der Waals surface area contributed by atoms with Crippen LogP contribution in [0.5, 0.6) is 0 Å². The number of aryl methyl sites for hydroxylation is 1. The number of amidine groups is 1. The number of aromatic nitrogens is 3. The Morgan fingerprint density at radius 3 is 2.95 bits per heavy atom. The molecule has 1 aromatic rings. The van der Waals surface area contributed by atoms with Crippen LogP contribution in [-0.2, 0) is 0 Å². The van der Waals surface area contributed by atoms with E-state index in [-0.39, 0.29) is 6.04 Å². The summed E-state index contributed by atoms with van der Waals surface area (Å²) in [6.45, 7) is 8.63. The Hall–Kier alpha value is -1.62. The van der Waals surface area contributed by atoms with Crippen LogP contribution in [0.3, 0.4) is 0 Å². The van der Waals surface area contributed by atoms with Gasteiger partial charge in [0.25, 0.3) is 0 Å². The summed E-state index contributed by atoms with van der Waals surface area (Å²) in [5.41, 5.74) is 0.988. The number of halogens is 1. The molecule has 2 aliphatic rings. The fraction of sp³-hybridized carbons (Fsp3) is 0.500. The predicted molar refractivity (Wildman–Crippen MR) is 80.4 cm³/mol. The lowest BCUT2D eigenvalue weighted by Crippen LogP contribution is -2.45. The topological polar surface area (TPSA) is 46.3 Å². The molecule has 0 spiro atoms. The van der Waals surface area contributed by atoms with Gasteiger partial charge < -0.3 is 4.90 Å². The van der Waals surface area contributed by atoms with Crippen molar-refractivity contribution >= 4 is 23.1 Å². The molecule has 0 bridgehead atoms. The summed E-state index contributed by atoms with van der Waals surface area (Å²) in [5, 5.41) is 8.91. The number of allylic oxidation sites excluding steroid dienone is 1. The lowest BCUT2D eigenvalue weighted by Gasteiger charge is -2.42. The molecular formula is C14H18ClN5. The summed E-state index contributed by atoms with van der Waals surface area (Å²) in [7, 11) is 0. The molecule has 1 aromatic heterocycles. The van der Waals surface area contributed by atoms with E-state index < -0.39 is 0 Å². The van der Waals surface area contributed by atoms with E-state index in [1.165, 1.54) is 6.42 Å². The van der Waals surface area contributed by atoms with E-state index in [0.717, 1.165) is 42.6 Å². The quantitative estimate of drug-likeness (QED) is 0.747. The highest BCUT2D eigenvalue weighted by atomic mass is 35.5. The number of hydrogen-bond acceptors (Lipinski definition) is 3. The molecule has 0 aromatic carbocycles. The lowest BCUT2D eigenvalue weighted by atomic mass is 9.98. The van der Waals surface area contributed by atoms with Crippen LogP contribution in [0, 0.1) is 6.92 Å². The average molecular weight is 292 g/mol. The first-order chi connectivity index (χ1) is 9.63. The molecule has 1 atom stereocenters. The van der Waals surface area contributed by atoms with Crippen LogP contribution in [0.25, 0.3) is 5.70 Å². The van der Waals surface area contributed by atoms with E-state index in [0.29, 0.717) is 5.16 Å². The predicted octanol–water partition coefficient (Wildman–Crippen LogP) is 3.10. The van der Waals surface area contributed by atoms with Crippen LogP contribution in [-0.4, -0.2) is 32.0 Å². The number of nitrogens with zero attached hydrogens (tertiary/aromatic N) is 5. The maximum absolute atomic E-state index is 5.93. The molecule has 1 saturated heterocycles. The normalized spacial score (nSPS) is 25.8. The van der Waals surface area contributed by atoms with Gasteiger partial charge in [0, 0.05) is 6.54 Å². The number of rotatable bonds is 1. The summed E-state index contributed by atoms with van der Waals surface area (Å²) < 4.78 is 2.09. The lowest BCUT2D eigenvalue weighted by molar-refractivity contribution is 0.227. The van der Waals surface area contributed by atoms with Crippen LogP contribution in [0.1, 0.15) is 43.9 Å². The molecule has 3 heterocycles. The zero-order valence-corrected chi connectivity index (χ0v) is 12.6. The van der Waals surface area contributed by atoms with Crippen molar-refractivity contribution in [2.24, 2.45) is 4.99 Å². The Morgan fingerprint density at radius 2 is 2.25 bits per heavy atom. The van der Waals surface area contributed by atoms with Gasteiger partial charge in [-0.1, -0.05) is 24.3 Å². The summed E-state index contributed by atoms with van der Waals surface area (Å²) in [6.07, 6.45) is 5.47. The smallest absolute Gasteiger partial charge is 0.160 e. The molecule has 2 aliphatic heterocycles. The van der Waals surface area contributed by atoms with Gasteiger partial charge >= 0.3 is 0 Å². The third-order valence-corrected chi connectivity index (χ3v) is 3.98. The van der Waals surface area contributed by atoms with Crippen LogP contribution in [0.4, 0.5) is 0 Å². The monoisotopic (exact) mass is 291 g/mol. The SMILES string of the molecule is C=C(Cl)/N=C1\C(=CC)n2c(C)nnc2C2CCCCN12. The van der Waals surface area contributed by atoms with Crippen LogP contribution < -0.4 is 0 Å². The van der Waals surface area contributed by atoms with Gasteiger partial charge in [-0.15, -0.1) is 10.2 Å². The molecule has 0 radical (unpaired) electrons. The van der Waals surface area contributed by atoms with E-state index in [4.69, 9.17) is 11.6 Å². The molecule has 0 N–H and O–H groups in total. The van der Waals surface area contributed by atoms with Gasteiger partial charge in [0.2, 0.25) is 0 Å². The zero-order valence-electron chi connectivity index (χ0n) is 11.8. The maximum Gasteiger partial charge on any atom is 0.160 e. The van der Waals surface area contributed by atoms with Gasteiger partial charge in [-0.2, -0.15) is 0 Å². The number of fused-ring (bicyclic) bond motifs is 3. The number of hydrogen-bond donors (Lipinski definition) is 0. The highest BCUT2D eigenvalue weighted by molar-refractivity contribution is 6.31. The first kappa shape index (κ1) is 13.4. The Balaban J connectivity index is 2.21. The Kier molecular flexibility index (Phi) is 3.38. The summed E-state index contributed by atoms with van der Waals surface area (Å²) in [5.74, 6) is 2.77. The third-order valence-electron chi connectivity index (χ3n) is 3.89. The molecule has 1 unspecified atom stereocenters. The first-order valence-corrected chi connectivity index (χ1v) is 7.30. The van der Waals surface area contributed by atoms with Gasteiger partial charge in [0.1, 0.15) is 11.0 Å². The van der Waals surface area contributed by atoms with Crippen molar-refractivity contribution < 1.29 is 0 Å². The van der Waals surface area contributed by atoms with E-state index in [9.17, 15) is 0 Å². The molecule has 0 aliphatic carbocycles. The molecule has 1 fully saturated rings. The third kappa shape index (κ3) is 1.97. The number of piperidine rings is 1. The minimum Gasteiger partial charge on any atom is -0.345 e. The van der Waals surface area contributed by atoms with Gasteiger partial charge in [0.05, 0.1) is 11.7 Å². The summed E-state index contributed by atoms with van der Waals surface area (Å²) in [4.78, 5) is 6.75. The van der Waals surface area contributed by atoms with Crippen molar-refractivity contribution in [2.45, 2.75) is 39.2 Å². The van der Waals surface area contributed by atoms with Crippen LogP contribution in [0.2, 0.25) is 0 Å². The number of aliphatic imine (C=N–C) groups is 1. The largest absolute Gasteiger partial charge is 0.345 e. The second-order valence-corrected chi connectivity index (χ2v) is 5.57. The van der Waals surface area contributed by atoms with Crippen molar-refractivity contribution in [3.05, 3.63) is 29.5 Å². The standard InChI is InChI=1S/C14H18ClN5/c1-4-11-13(16-9(2)15)19-8-6-5-7-12(19)14-18-17-10(3)20(11)14/h4,12H,2,5-8H2,1,3H3/b11-4?,16-13+. The molecule has 20 heavy (non-hydrogen) atoms. The highest BCUT2D eigenvalue weighted by Gasteiger charge is 2.38. The average Bonchev–Trinajstić information content (AvgIpc) is 2.81. The van der Waals surface area contributed by atoms with Gasteiger partial charge in [0.15, 0.2) is 11.7 Å². The highest BCUT2D eigenvalue weighted by Crippen LogP contribution is 2.38. The zero-order chi connectivity index (χ0) is 14.3. The molecule has 106 valence electrons. The molecule has 5 nitrogen and oxygen atoms in total. The molecule has 3 rings (SSSR count). The van der Waals surface area contributed by atoms with Crippen LogP contribution in [0.15, 0.2) is 22.8 Å². The van der Waals surface area contributed by atoms with E-state index in [2.05, 4.69) is 31.2 Å². The van der Waals surface area contributed by atoms with Crippen molar-refractivity contribution in [3.8, 4) is 0 Å². The molecular weight excluding hydrogens is 274 g/mol. The fourth-order valence-corrected chi connectivity index (χ4v) is 3.17. The second kappa shape index (κ2) is 5.05. The van der Waals surface area contributed by atoms with Crippen molar-refractivity contribution in [1.82, 2.24) is 19.7 Å². The van der Waals surface area contributed by atoms with Gasteiger partial charge in [-0.25, -0.2) is 4.99 Å². The summed E-state index contributed by atoms with van der Waals surface area (Å²) >= 11 is 5.93. The Labute approximate surface area is 123 Å². The van der Waals surface area contributed by atoms with Gasteiger partial charge in [-0.05, 0) is 33.1 Å². The molecule has 6 heteroatoms. The first-order valence-electron chi connectivity index (χ1n) is 6.92. The second-order valence-electron chi connectivity index (χ2n) is 5.13. The van der Waals surface area contributed by atoms with Crippen molar-refractivity contribution in [3.63, 3.8) is 0 Å². The van der Waals surface area contributed by atoms with Gasteiger partial charge in [-0.3, -0.25) is 4.57 Å². The minimum atomic E-state index is 0.239.